The summed E-state index contributed by atoms with van der Waals surface area (Å²) in [6.45, 7) is 1.37. The van der Waals surface area contributed by atoms with Crippen molar-refractivity contribution in [2.75, 3.05) is 13.7 Å². The maximum atomic E-state index is 11.8. The first-order valence-electron chi connectivity index (χ1n) is 6.04. The molecule has 1 aliphatic rings. The molecule has 2 N–H and O–H groups in total. The van der Waals surface area contributed by atoms with E-state index in [0.29, 0.717) is 17.3 Å². The van der Waals surface area contributed by atoms with E-state index in [1.54, 1.807) is 19.2 Å². The van der Waals surface area contributed by atoms with E-state index in [4.69, 9.17) is 16.3 Å². The Morgan fingerprint density at radius 3 is 3.11 bits per heavy atom. The number of carbonyl (C=O) groups excluding carboxylic acids is 1. The minimum atomic E-state index is -0.0525. The molecule has 0 spiro atoms. The van der Waals surface area contributed by atoms with Gasteiger partial charge in [0.1, 0.15) is 5.75 Å². The highest BCUT2D eigenvalue weighted by Crippen LogP contribution is 2.22. The number of nitrogens with one attached hydrogen (secondary N) is 2. The predicted octanol–water partition coefficient (Wildman–Crippen LogP) is 1.72. The van der Waals surface area contributed by atoms with Gasteiger partial charge in [-0.2, -0.15) is 0 Å². The molecule has 1 aliphatic heterocycles. The number of benzene rings is 1. The summed E-state index contributed by atoms with van der Waals surface area (Å²) in [5.74, 6) is 0.742. The van der Waals surface area contributed by atoms with E-state index < -0.39 is 0 Å². The van der Waals surface area contributed by atoms with E-state index in [2.05, 4.69) is 10.6 Å². The minimum absolute atomic E-state index is 0.0458. The summed E-state index contributed by atoms with van der Waals surface area (Å²) in [5, 5.41) is 6.70. The third-order valence-electron chi connectivity index (χ3n) is 3.08. The Balaban J connectivity index is 1.95. The van der Waals surface area contributed by atoms with E-state index in [1.165, 1.54) is 0 Å². The fourth-order valence-electron chi connectivity index (χ4n) is 2.08. The molecule has 1 fully saturated rings. The predicted molar refractivity (Wildman–Crippen MR) is 70.9 cm³/mol. The Bertz CT molecular complexity index is 431. The zero-order chi connectivity index (χ0) is 13.0. The highest BCUT2D eigenvalue weighted by atomic mass is 35.5. The molecule has 1 aromatic carbocycles. The number of amides is 1. The molecule has 1 atom stereocenters. The standard InChI is InChI=1S/C13H17ClN2O2/c1-18-12-7-10(14)5-4-9(12)8-16-13(17)11-3-2-6-15-11/h4-5,7,11,15H,2-3,6,8H2,1H3,(H,16,17). The van der Waals surface area contributed by atoms with Crippen LogP contribution in [0.3, 0.4) is 0 Å². The number of carbonyl (C=O) groups is 1. The molecule has 2 rings (SSSR count). The SMILES string of the molecule is COc1cc(Cl)ccc1CNC(=O)C1CCCN1. The first-order chi connectivity index (χ1) is 8.70. The number of hydrogen-bond donors (Lipinski definition) is 2. The van der Waals surface area contributed by atoms with Gasteiger partial charge in [0.2, 0.25) is 5.91 Å². The summed E-state index contributed by atoms with van der Waals surface area (Å²) in [5.41, 5.74) is 0.924. The molecule has 18 heavy (non-hydrogen) atoms. The van der Waals surface area contributed by atoms with E-state index in [1.807, 2.05) is 6.07 Å². The summed E-state index contributed by atoms with van der Waals surface area (Å²) in [6, 6.07) is 5.35. The lowest BCUT2D eigenvalue weighted by Gasteiger charge is -2.13. The molecule has 1 aromatic rings. The Hall–Kier alpha value is -1.26. The minimum Gasteiger partial charge on any atom is -0.496 e. The summed E-state index contributed by atoms with van der Waals surface area (Å²) in [6.07, 6.45) is 1.96. The Morgan fingerprint density at radius 1 is 1.61 bits per heavy atom. The quantitative estimate of drug-likeness (QED) is 0.874. The smallest absolute Gasteiger partial charge is 0.237 e. The van der Waals surface area contributed by atoms with Gasteiger partial charge in [-0.1, -0.05) is 17.7 Å². The van der Waals surface area contributed by atoms with Gasteiger partial charge in [0.05, 0.1) is 13.2 Å². The van der Waals surface area contributed by atoms with Crippen molar-refractivity contribution in [2.45, 2.75) is 25.4 Å². The van der Waals surface area contributed by atoms with Gasteiger partial charge in [-0.05, 0) is 31.5 Å². The van der Waals surface area contributed by atoms with Crippen LogP contribution < -0.4 is 15.4 Å². The van der Waals surface area contributed by atoms with Gasteiger partial charge in [-0.15, -0.1) is 0 Å². The maximum Gasteiger partial charge on any atom is 0.237 e. The van der Waals surface area contributed by atoms with Gasteiger partial charge in [0.25, 0.3) is 0 Å². The van der Waals surface area contributed by atoms with Crippen LogP contribution in [0.5, 0.6) is 5.75 Å². The average molecular weight is 269 g/mol. The van der Waals surface area contributed by atoms with Gasteiger partial charge in [0.15, 0.2) is 0 Å². The molecule has 0 bridgehead atoms. The molecule has 1 unspecified atom stereocenters. The lowest BCUT2D eigenvalue weighted by atomic mass is 10.2. The maximum absolute atomic E-state index is 11.8. The molecule has 0 radical (unpaired) electrons. The van der Waals surface area contributed by atoms with Crippen LogP contribution in [-0.4, -0.2) is 25.6 Å². The lowest BCUT2D eigenvalue weighted by molar-refractivity contribution is -0.122. The summed E-state index contributed by atoms with van der Waals surface area (Å²) in [4.78, 5) is 11.8. The number of methoxy groups -OCH3 is 1. The largest absolute Gasteiger partial charge is 0.496 e. The van der Waals surface area contributed by atoms with E-state index in [-0.39, 0.29) is 11.9 Å². The summed E-state index contributed by atoms with van der Waals surface area (Å²) in [7, 11) is 1.59. The van der Waals surface area contributed by atoms with Crippen molar-refractivity contribution in [1.29, 1.82) is 0 Å². The Morgan fingerprint density at radius 2 is 2.44 bits per heavy atom. The van der Waals surface area contributed by atoms with Crippen LogP contribution in [0, 0.1) is 0 Å². The molecule has 98 valence electrons. The van der Waals surface area contributed by atoms with Crippen LogP contribution in [-0.2, 0) is 11.3 Å². The monoisotopic (exact) mass is 268 g/mol. The van der Waals surface area contributed by atoms with Crippen molar-refractivity contribution < 1.29 is 9.53 Å². The average Bonchev–Trinajstić information content (AvgIpc) is 2.90. The normalized spacial score (nSPS) is 18.7. The molecular weight excluding hydrogens is 252 g/mol. The molecule has 4 nitrogen and oxygen atoms in total. The molecule has 1 amide bonds. The Labute approximate surface area is 112 Å². The van der Waals surface area contributed by atoms with Gasteiger partial charge in [-0.25, -0.2) is 0 Å². The first-order valence-corrected chi connectivity index (χ1v) is 6.42. The zero-order valence-electron chi connectivity index (χ0n) is 10.3. The van der Waals surface area contributed by atoms with Crippen LogP contribution in [0.15, 0.2) is 18.2 Å². The number of rotatable bonds is 4. The van der Waals surface area contributed by atoms with Crippen molar-refractivity contribution in [1.82, 2.24) is 10.6 Å². The van der Waals surface area contributed by atoms with E-state index in [9.17, 15) is 4.79 Å². The van der Waals surface area contributed by atoms with Crippen LogP contribution in [0.2, 0.25) is 5.02 Å². The van der Waals surface area contributed by atoms with Crippen LogP contribution in [0.4, 0.5) is 0 Å². The van der Waals surface area contributed by atoms with Gasteiger partial charge in [0, 0.05) is 17.1 Å². The van der Waals surface area contributed by atoms with Crippen LogP contribution in [0.1, 0.15) is 18.4 Å². The highest BCUT2D eigenvalue weighted by molar-refractivity contribution is 6.30. The molecule has 1 saturated heterocycles. The fraction of sp³-hybridized carbons (Fsp3) is 0.462. The van der Waals surface area contributed by atoms with Crippen LogP contribution >= 0.6 is 11.6 Å². The van der Waals surface area contributed by atoms with Crippen LogP contribution in [0.25, 0.3) is 0 Å². The van der Waals surface area contributed by atoms with Crippen molar-refractivity contribution >= 4 is 17.5 Å². The van der Waals surface area contributed by atoms with Crippen molar-refractivity contribution in [3.63, 3.8) is 0 Å². The molecular formula is C13H17ClN2O2. The second-order valence-electron chi connectivity index (χ2n) is 4.32. The van der Waals surface area contributed by atoms with E-state index >= 15 is 0 Å². The number of halogens is 1. The molecule has 1 heterocycles. The third kappa shape index (κ3) is 3.15. The van der Waals surface area contributed by atoms with Gasteiger partial charge < -0.3 is 15.4 Å². The van der Waals surface area contributed by atoms with Gasteiger partial charge in [-0.3, -0.25) is 4.79 Å². The highest BCUT2D eigenvalue weighted by Gasteiger charge is 2.21. The Kier molecular flexibility index (Phi) is 4.44. The summed E-state index contributed by atoms with van der Waals surface area (Å²) < 4.78 is 5.23. The topological polar surface area (TPSA) is 50.4 Å². The molecule has 5 heteroatoms. The van der Waals surface area contributed by atoms with Gasteiger partial charge >= 0.3 is 0 Å². The zero-order valence-corrected chi connectivity index (χ0v) is 11.1. The number of hydrogen-bond acceptors (Lipinski definition) is 3. The van der Waals surface area contributed by atoms with Crippen molar-refractivity contribution in [3.8, 4) is 5.75 Å². The van der Waals surface area contributed by atoms with Crippen molar-refractivity contribution in [3.05, 3.63) is 28.8 Å². The second-order valence-corrected chi connectivity index (χ2v) is 4.76. The number of ether oxygens (including phenoxy) is 1. The molecule has 0 aliphatic carbocycles. The fourth-order valence-corrected chi connectivity index (χ4v) is 2.24. The third-order valence-corrected chi connectivity index (χ3v) is 3.31. The first kappa shape index (κ1) is 13.2. The van der Waals surface area contributed by atoms with Crippen molar-refractivity contribution in [2.24, 2.45) is 0 Å². The molecule has 0 saturated carbocycles. The molecule has 0 aromatic heterocycles. The second kappa shape index (κ2) is 6.07. The van der Waals surface area contributed by atoms with E-state index in [0.717, 1.165) is 24.9 Å². The summed E-state index contributed by atoms with van der Waals surface area (Å²) >= 11 is 5.88. The lowest BCUT2D eigenvalue weighted by Crippen LogP contribution is -2.40.